The topological polar surface area (TPSA) is 55.6 Å². The van der Waals surface area contributed by atoms with Crippen LogP contribution in [0.25, 0.3) is 0 Å². The van der Waals surface area contributed by atoms with Gasteiger partial charge in [0.1, 0.15) is 0 Å². The van der Waals surface area contributed by atoms with Crippen LogP contribution in [0, 0.1) is 0 Å². The van der Waals surface area contributed by atoms with Gasteiger partial charge in [-0.05, 0) is 54.9 Å². The highest BCUT2D eigenvalue weighted by Gasteiger charge is 2.18. The monoisotopic (exact) mass is 337 g/mol. The van der Waals surface area contributed by atoms with Crippen molar-refractivity contribution in [3.05, 3.63) is 40.1 Å². The van der Waals surface area contributed by atoms with E-state index < -0.39 is 0 Å². The molecule has 0 saturated carbocycles. The van der Waals surface area contributed by atoms with E-state index in [-0.39, 0.29) is 12.1 Å². The van der Waals surface area contributed by atoms with Gasteiger partial charge >= 0.3 is 0 Å². The Morgan fingerprint density at radius 1 is 1.25 bits per heavy atom. The number of hydrogen-bond acceptors (Lipinski definition) is 4. The molecule has 20 heavy (non-hydrogen) atoms. The van der Waals surface area contributed by atoms with Crippen molar-refractivity contribution in [1.29, 1.82) is 0 Å². The standard InChI is InChI=1S/C14H20BrN5/c1-4-9-16-10(2)14-17-18-19-20(14)11(3)12-5-7-13(15)8-6-12/h5-8,10-11,16H,4,9H2,1-3H3. The molecule has 0 radical (unpaired) electrons. The fraction of sp³-hybridized carbons (Fsp3) is 0.500. The van der Waals surface area contributed by atoms with Gasteiger partial charge in [-0.3, -0.25) is 0 Å². The van der Waals surface area contributed by atoms with Gasteiger partial charge in [0, 0.05) is 4.47 Å². The first-order valence-corrected chi connectivity index (χ1v) is 7.69. The molecule has 0 aliphatic rings. The first-order valence-electron chi connectivity index (χ1n) is 6.90. The SMILES string of the molecule is CCCNC(C)c1nnnn1C(C)c1ccc(Br)cc1. The Labute approximate surface area is 127 Å². The van der Waals surface area contributed by atoms with Gasteiger partial charge in [0.15, 0.2) is 5.82 Å². The second kappa shape index (κ2) is 6.95. The largest absolute Gasteiger partial charge is 0.307 e. The molecule has 2 unspecified atom stereocenters. The summed E-state index contributed by atoms with van der Waals surface area (Å²) in [4.78, 5) is 0. The average molecular weight is 338 g/mol. The third-order valence-electron chi connectivity index (χ3n) is 3.33. The molecule has 1 aromatic carbocycles. The smallest absolute Gasteiger partial charge is 0.168 e. The molecule has 1 aromatic heterocycles. The molecule has 2 atom stereocenters. The van der Waals surface area contributed by atoms with E-state index in [4.69, 9.17) is 0 Å². The summed E-state index contributed by atoms with van der Waals surface area (Å²) in [7, 11) is 0. The second-order valence-electron chi connectivity index (χ2n) is 4.88. The number of nitrogens with one attached hydrogen (secondary N) is 1. The molecule has 0 amide bonds. The van der Waals surface area contributed by atoms with Gasteiger partial charge in [0.05, 0.1) is 12.1 Å². The van der Waals surface area contributed by atoms with Gasteiger partial charge in [0.25, 0.3) is 0 Å². The molecule has 6 heteroatoms. The highest BCUT2D eigenvalue weighted by Crippen LogP contribution is 2.22. The second-order valence-corrected chi connectivity index (χ2v) is 5.80. The summed E-state index contributed by atoms with van der Waals surface area (Å²) in [5, 5.41) is 15.6. The summed E-state index contributed by atoms with van der Waals surface area (Å²) in [6.45, 7) is 7.30. The zero-order valence-corrected chi connectivity index (χ0v) is 13.6. The van der Waals surface area contributed by atoms with Crippen LogP contribution in [0.2, 0.25) is 0 Å². The lowest BCUT2D eigenvalue weighted by Crippen LogP contribution is -2.24. The molecule has 1 N–H and O–H groups in total. The summed E-state index contributed by atoms with van der Waals surface area (Å²) in [5.41, 5.74) is 1.18. The first kappa shape index (κ1) is 15.1. The molecule has 1 heterocycles. The van der Waals surface area contributed by atoms with Gasteiger partial charge < -0.3 is 5.32 Å². The molecule has 0 aliphatic carbocycles. The van der Waals surface area contributed by atoms with Crippen molar-refractivity contribution < 1.29 is 0 Å². The minimum atomic E-state index is 0.110. The third-order valence-corrected chi connectivity index (χ3v) is 3.85. The maximum Gasteiger partial charge on any atom is 0.168 e. The highest BCUT2D eigenvalue weighted by molar-refractivity contribution is 9.10. The van der Waals surface area contributed by atoms with E-state index in [9.17, 15) is 0 Å². The number of hydrogen-bond donors (Lipinski definition) is 1. The van der Waals surface area contributed by atoms with Crippen molar-refractivity contribution in [2.24, 2.45) is 0 Å². The van der Waals surface area contributed by atoms with E-state index >= 15 is 0 Å². The third kappa shape index (κ3) is 3.43. The summed E-state index contributed by atoms with van der Waals surface area (Å²) >= 11 is 3.45. The van der Waals surface area contributed by atoms with Crippen LogP contribution in [0.15, 0.2) is 28.7 Å². The molecule has 0 saturated heterocycles. The summed E-state index contributed by atoms with van der Waals surface area (Å²) in [5.74, 6) is 0.869. The Morgan fingerprint density at radius 2 is 1.95 bits per heavy atom. The van der Waals surface area contributed by atoms with E-state index in [1.54, 1.807) is 0 Å². The van der Waals surface area contributed by atoms with Gasteiger partial charge in [-0.15, -0.1) is 5.10 Å². The molecule has 0 fully saturated rings. The molecular formula is C14H20BrN5. The van der Waals surface area contributed by atoms with Crippen molar-refractivity contribution in [2.75, 3.05) is 6.54 Å². The molecule has 0 spiro atoms. The fourth-order valence-electron chi connectivity index (χ4n) is 2.10. The normalized spacial score (nSPS) is 14.2. The number of tetrazole rings is 1. The summed E-state index contributed by atoms with van der Waals surface area (Å²) in [6.07, 6.45) is 1.09. The van der Waals surface area contributed by atoms with Crippen molar-refractivity contribution in [3.63, 3.8) is 0 Å². The Morgan fingerprint density at radius 3 is 2.60 bits per heavy atom. The van der Waals surface area contributed by atoms with Gasteiger partial charge in [-0.2, -0.15) is 0 Å². The maximum absolute atomic E-state index is 4.16. The lowest BCUT2D eigenvalue weighted by atomic mass is 10.1. The molecule has 0 bridgehead atoms. The lowest BCUT2D eigenvalue weighted by molar-refractivity contribution is 0.464. The first-order chi connectivity index (χ1) is 9.63. The number of benzene rings is 1. The lowest BCUT2D eigenvalue weighted by Gasteiger charge is -2.18. The van der Waals surface area contributed by atoms with Crippen LogP contribution < -0.4 is 5.32 Å². The average Bonchev–Trinajstić information content (AvgIpc) is 2.94. The molecule has 108 valence electrons. The number of aromatic nitrogens is 4. The summed E-state index contributed by atoms with van der Waals surface area (Å²) < 4.78 is 2.96. The zero-order chi connectivity index (χ0) is 14.5. The van der Waals surface area contributed by atoms with Crippen molar-refractivity contribution in [1.82, 2.24) is 25.5 Å². The Hall–Kier alpha value is -1.27. The van der Waals surface area contributed by atoms with E-state index in [1.165, 1.54) is 5.56 Å². The van der Waals surface area contributed by atoms with Crippen molar-refractivity contribution in [2.45, 2.75) is 39.3 Å². The van der Waals surface area contributed by atoms with Crippen LogP contribution in [0.3, 0.4) is 0 Å². The van der Waals surface area contributed by atoms with Crippen LogP contribution in [-0.4, -0.2) is 26.8 Å². The van der Waals surface area contributed by atoms with Gasteiger partial charge in [-0.1, -0.05) is 35.0 Å². The minimum Gasteiger partial charge on any atom is -0.307 e. The quantitative estimate of drug-likeness (QED) is 0.879. The Balaban J connectivity index is 2.20. The van der Waals surface area contributed by atoms with Crippen molar-refractivity contribution in [3.8, 4) is 0 Å². The van der Waals surface area contributed by atoms with E-state index in [0.29, 0.717) is 0 Å². The minimum absolute atomic E-state index is 0.110. The predicted octanol–water partition coefficient (Wildman–Crippen LogP) is 3.11. The van der Waals surface area contributed by atoms with E-state index in [1.807, 2.05) is 16.8 Å². The van der Waals surface area contributed by atoms with E-state index in [2.05, 4.69) is 69.7 Å². The molecular weight excluding hydrogens is 318 g/mol. The van der Waals surface area contributed by atoms with Crippen LogP contribution in [0.5, 0.6) is 0 Å². The number of nitrogens with zero attached hydrogens (tertiary/aromatic N) is 4. The Bertz CT molecular complexity index is 537. The number of halogens is 1. The van der Waals surface area contributed by atoms with Crippen molar-refractivity contribution >= 4 is 15.9 Å². The predicted molar refractivity (Wildman–Crippen MR) is 82.5 cm³/mol. The van der Waals surface area contributed by atoms with Crippen LogP contribution >= 0.6 is 15.9 Å². The van der Waals surface area contributed by atoms with Crippen LogP contribution in [0.1, 0.15) is 50.7 Å². The molecule has 2 rings (SSSR count). The molecule has 5 nitrogen and oxygen atoms in total. The van der Waals surface area contributed by atoms with Gasteiger partial charge in [0.2, 0.25) is 0 Å². The Kier molecular flexibility index (Phi) is 5.25. The summed E-state index contributed by atoms with van der Waals surface area (Å²) in [6, 6.07) is 8.50. The molecule has 0 aliphatic heterocycles. The molecule has 2 aromatic rings. The highest BCUT2D eigenvalue weighted by atomic mass is 79.9. The van der Waals surface area contributed by atoms with Crippen LogP contribution in [-0.2, 0) is 0 Å². The number of rotatable bonds is 6. The van der Waals surface area contributed by atoms with Gasteiger partial charge in [-0.25, -0.2) is 4.68 Å². The van der Waals surface area contributed by atoms with Crippen LogP contribution in [0.4, 0.5) is 0 Å². The zero-order valence-electron chi connectivity index (χ0n) is 12.0. The fourth-order valence-corrected chi connectivity index (χ4v) is 2.36. The maximum atomic E-state index is 4.16. The van der Waals surface area contributed by atoms with E-state index in [0.717, 1.165) is 23.3 Å².